The number of carbonyl (C=O) groups is 2. The minimum Gasteiger partial charge on any atom is -0.373 e. The normalized spacial score (nSPS) is 10.4. The Hall–Kier alpha value is -2.97. The number of amides is 3. The predicted molar refractivity (Wildman–Crippen MR) is 83.1 cm³/mol. The Labute approximate surface area is 136 Å². The molecule has 0 bridgehead atoms. The van der Waals surface area contributed by atoms with Crippen molar-refractivity contribution in [2.45, 2.75) is 13.8 Å². The first-order chi connectivity index (χ1) is 11.2. The Balaban J connectivity index is 2.12. The molecule has 7 nitrogen and oxygen atoms in total. The van der Waals surface area contributed by atoms with Gasteiger partial charge in [0.25, 0.3) is 5.91 Å². The number of nitrogens with zero attached hydrogens (tertiary/aromatic N) is 2. The van der Waals surface area contributed by atoms with Crippen LogP contribution in [0.3, 0.4) is 0 Å². The molecule has 0 radical (unpaired) electrons. The number of benzene rings is 1. The van der Waals surface area contributed by atoms with Crippen molar-refractivity contribution in [2.24, 2.45) is 0 Å². The van der Waals surface area contributed by atoms with E-state index in [1.807, 2.05) is 5.32 Å². The van der Waals surface area contributed by atoms with Crippen LogP contribution in [0, 0.1) is 25.5 Å². The summed E-state index contributed by atoms with van der Waals surface area (Å²) < 4.78 is 32.6. The minimum absolute atomic E-state index is 0.0816. The van der Waals surface area contributed by atoms with Gasteiger partial charge in [-0.15, -0.1) is 0 Å². The number of urea groups is 1. The Morgan fingerprint density at radius 1 is 1.17 bits per heavy atom. The van der Waals surface area contributed by atoms with Crippen LogP contribution in [0.1, 0.15) is 21.6 Å². The van der Waals surface area contributed by atoms with E-state index in [9.17, 15) is 18.4 Å². The SMILES string of the molecule is Cc1noc(NC(=O)NC(=O)c2cc(F)c(N(C)C)c(F)c2)c1C. The zero-order valence-electron chi connectivity index (χ0n) is 13.5. The molecule has 0 saturated carbocycles. The van der Waals surface area contributed by atoms with Crippen molar-refractivity contribution in [1.29, 1.82) is 0 Å². The molecule has 1 aromatic heterocycles. The first-order valence-electron chi connectivity index (χ1n) is 6.92. The van der Waals surface area contributed by atoms with E-state index in [-0.39, 0.29) is 17.1 Å². The maximum Gasteiger partial charge on any atom is 0.328 e. The van der Waals surface area contributed by atoms with Crippen molar-refractivity contribution in [2.75, 3.05) is 24.3 Å². The van der Waals surface area contributed by atoms with Gasteiger partial charge in [-0.3, -0.25) is 15.4 Å². The fraction of sp³-hybridized carbons (Fsp3) is 0.267. The van der Waals surface area contributed by atoms with Crippen molar-refractivity contribution >= 4 is 23.5 Å². The van der Waals surface area contributed by atoms with E-state index in [2.05, 4.69) is 10.5 Å². The second-order valence-electron chi connectivity index (χ2n) is 5.31. The molecule has 0 aliphatic heterocycles. The van der Waals surface area contributed by atoms with Gasteiger partial charge in [-0.25, -0.2) is 13.6 Å². The number of hydrogen-bond acceptors (Lipinski definition) is 5. The van der Waals surface area contributed by atoms with Crippen LogP contribution in [-0.2, 0) is 0 Å². The van der Waals surface area contributed by atoms with Crippen molar-refractivity contribution in [3.8, 4) is 0 Å². The van der Waals surface area contributed by atoms with E-state index in [0.717, 1.165) is 12.1 Å². The molecule has 0 aliphatic rings. The lowest BCUT2D eigenvalue weighted by Gasteiger charge is -2.15. The summed E-state index contributed by atoms with van der Waals surface area (Å²) >= 11 is 0. The zero-order valence-corrected chi connectivity index (χ0v) is 13.5. The summed E-state index contributed by atoms with van der Waals surface area (Å²) in [6.07, 6.45) is 0. The molecular weight excluding hydrogens is 322 g/mol. The molecule has 0 fully saturated rings. The van der Waals surface area contributed by atoms with E-state index >= 15 is 0 Å². The topological polar surface area (TPSA) is 87.5 Å². The van der Waals surface area contributed by atoms with Crippen LogP contribution in [0.5, 0.6) is 0 Å². The van der Waals surface area contributed by atoms with Gasteiger partial charge in [0.15, 0.2) is 0 Å². The maximum atomic E-state index is 13.9. The van der Waals surface area contributed by atoms with Gasteiger partial charge in [-0.2, -0.15) is 0 Å². The summed E-state index contributed by atoms with van der Waals surface area (Å²) in [6, 6.07) is 0.798. The summed E-state index contributed by atoms with van der Waals surface area (Å²) in [5.74, 6) is -2.69. The molecule has 2 N–H and O–H groups in total. The molecule has 2 aromatic rings. The molecule has 0 atom stereocenters. The van der Waals surface area contributed by atoms with Gasteiger partial charge >= 0.3 is 6.03 Å². The number of aromatic nitrogens is 1. The third kappa shape index (κ3) is 3.50. The van der Waals surface area contributed by atoms with E-state index < -0.39 is 23.6 Å². The number of carbonyl (C=O) groups excluding carboxylic acids is 2. The van der Waals surface area contributed by atoms with E-state index in [4.69, 9.17) is 4.52 Å². The number of aryl methyl sites for hydroxylation is 1. The average molecular weight is 338 g/mol. The first kappa shape index (κ1) is 17.4. The zero-order chi connectivity index (χ0) is 18.0. The molecule has 9 heteroatoms. The third-order valence-corrected chi connectivity index (χ3v) is 3.34. The summed E-state index contributed by atoms with van der Waals surface area (Å²) in [5.41, 5.74) is 0.588. The minimum atomic E-state index is -0.954. The van der Waals surface area contributed by atoms with Crippen molar-refractivity contribution in [1.82, 2.24) is 10.5 Å². The molecule has 0 aliphatic carbocycles. The van der Waals surface area contributed by atoms with Gasteiger partial charge in [0, 0.05) is 25.2 Å². The molecule has 3 amide bonds. The van der Waals surface area contributed by atoms with Crippen LogP contribution < -0.4 is 15.5 Å². The number of nitrogens with one attached hydrogen (secondary N) is 2. The standard InChI is InChI=1S/C15H16F2N4O3/c1-7-8(2)20-24-14(7)19-15(23)18-13(22)9-5-10(16)12(21(3)4)11(17)6-9/h5-6H,1-4H3,(H2,18,19,22,23). The fourth-order valence-corrected chi connectivity index (χ4v) is 1.97. The van der Waals surface area contributed by atoms with Crippen molar-refractivity contribution in [3.63, 3.8) is 0 Å². The van der Waals surface area contributed by atoms with Crippen molar-refractivity contribution in [3.05, 3.63) is 40.6 Å². The van der Waals surface area contributed by atoms with Gasteiger partial charge in [-0.05, 0) is 26.0 Å². The molecule has 0 unspecified atom stereocenters. The molecular formula is C15H16F2N4O3. The Morgan fingerprint density at radius 2 is 1.75 bits per heavy atom. The Kier molecular flexibility index (Phi) is 4.82. The number of halogens is 2. The lowest BCUT2D eigenvalue weighted by atomic mass is 10.1. The van der Waals surface area contributed by atoms with E-state index in [0.29, 0.717) is 11.3 Å². The number of hydrogen-bond donors (Lipinski definition) is 2. The van der Waals surface area contributed by atoms with Gasteiger partial charge in [-0.1, -0.05) is 5.16 Å². The highest BCUT2D eigenvalue weighted by Gasteiger charge is 2.19. The first-order valence-corrected chi connectivity index (χ1v) is 6.92. The lowest BCUT2D eigenvalue weighted by molar-refractivity contribution is 0.0966. The third-order valence-electron chi connectivity index (χ3n) is 3.34. The lowest BCUT2D eigenvalue weighted by Crippen LogP contribution is -2.34. The van der Waals surface area contributed by atoms with Gasteiger partial charge < -0.3 is 9.42 Å². The van der Waals surface area contributed by atoms with Crippen LogP contribution in [0.2, 0.25) is 0 Å². The van der Waals surface area contributed by atoms with Crippen LogP contribution in [-0.4, -0.2) is 31.2 Å². The molecule has 2 rings (SSSR count). The van der Waals surface area contributed by atoms with Gasteiger partial charge in [0.2, 0.25) is 5.88 Å². The number of imide groups is 1. The quantitative estimate of drug-likeness (QED) is 0.898. The molecule has 128 valence electrons. The Bertz CT molecular complexity index is 779. The Morgan fingerprint density at radius 3 is 2.21 bits per heavy atom. The monoisotopic (exact) mass is 338 g/mol. The maximum absolute atomic E-state index is 13.9. The summed E-state index contributed by atoms with van der Waals surface area (Å²) in [4.78, 5) is 25.0. The van der Waals surface area contributed by atoms with Gasteiger partial charge in [0.05, 0.1) is 5.69 Å². The van der Waals surface area contributed by atoms with E-state index in [1.165, 1.54) is 19.0 Å². The van der Waals surface area contributed by atoms with Crippen LogP contribution in [0.15, 0.2) is 16.7 Å². The second-order valence-corrected chi connectivity index (χ2v) is 5.31. The summed E-state index contributed by atoms with van der Waals surface area (Å²) in [7, 11) is 2.94. The highest BCUT2D eigenvalue weighted by atomic mass is 19.1. The smallest absolute Gasteiger partial charge is 0.328 e. The number of rotatable bonds is 3. The van der Waals surface area contributed by atoms with E-state index in [1.54, 1.807) is 13.8 Å². The number of anilines is 2. The molecule has 1 heterocycles. The molecule has 0 spiro atoms. The highest BCUT2D eigenvalue weighted by molar-refractivity contribution is 6.07. The second kappa shape index (κ2) is 6.65. The summed E-state index contributed by atoms with van der Waals surface area (Å²) in [5, 5.41) is 7.91. The van der Waals surface area contributed by atoms with Crippen LogP contribution in [0.4, 0.5) is 25.1 Å². The predicted octanol–water partition coefficient (Wildman–Crippen LogP) is 2.60. The average Bonchev–Trinajstić information content (AvgIpc) is 2.77. The molecule has 24 heavy (non-hydrogen) atoms. The molecule has 1 aromatic carbocycles. The fourth-order valence-electron chi connectivity index (χ4n) is 1.97. The molecule has 0 saturated heterocycles. The van der Waals surface area contributed by atoms with Crippen molar-refractivity contribution < 1.29 is 22.9 Å². The van der Waals surface area contributed by atoms with Gasteiger partial charge in [0.1, 0.15) is 17.3 Å². The summed E-state index contributed by atoms with van der Waals surface area (Å²) in [6.45, 7) is 3.36. The van der Waals surface area contributed by atoms with Crippen LogP contribution >= 0.6 is 0 Å². The largest absolute Gasteiger partial charge is 0.373 e. The highest BCUT2D eigenvalue weighted by Crippen LogP contribution is 2.23. The van der Waals surface area contributed by atoms with Crippen LogP contribution in [0.25, 0.3) is 0 Å².